The Kier molecular flexibility index (Phi) is 5.22. The second-order valence-electron chi connectivity index (χ2n) is 10.7. The molecule has 1 aliphatic heterocycles. The molecule has 4 nitrogen and oxygen atoms in total. The second kappa shape index (κ2) is 9.26. The molecular weight excluding hydrogens is 533 g/mol. The van der Waals surface area contributed by atoms with Crippen molar-refractivity contribution in [2.45, 2.75) is 22.8 Å². The highest BCUT2D eigenvalue weighted by Gasteiger charge is 2.26. The van der Waals surface area contributed by atoms with E-state index in [0.29, 0.717) is 0 Å². The highest BCUT2D eigenvalue weighted by molar-refractivity contribution is 7.99. The number of pyridine rings is 1. The van der Waals surface area contributed by atoms with E-state index in [2.05, 4.69) is 95.6 Å². The summed E-state index contributed by atoms with van der Waals surface area (Å²) in [6, 6.07) is 32.1. The molecule has 0 bridgehead atoms. The molecule has 0 radical (unpaired) electrons. The molecule has 0 amide bonds. The highest BCUT2D eigenvalue weighted by Crippen LogP contribution is 2.50. The summed E-state index contributed by atoms with van der Waals surface area (Å²) in [4.78, 5) is 16.3. The molecule has 2 aliphatic rings. The monoisotopic (exact) mass is 556 g/mol. The number of hydrogen-bond acceptors (Lipinski definition) is 4. The van der Waals surface area contributed by atoms with Crippen molar-refractivity contribution in [1.82, 2.24) is 19.5 Å². The molecule has 3 aromatic heterocycles. The fourth-order valence-corrected chi connectivity index (χ4v) is 7.56. The van der Waals surface area contributed by atoms with Crippen LogP contribution in [0.3, 0.4) is 0 Å². The molecule has 4 heterocycles. The minimum absolute atomic E-state index is 0.732. The Morgan fingerprint density at radius 1 is 0.738 bits per heavy atom. The van der Waals surface area contributed by atoms with Crippen LogP contribution in [-0.4, -0.2) is 19.5 Å². The van der Waals surface area contributed by atoms with Crippen LogP contribution in [0.2, 0.25) is 0 Å². The van der Waals surface area contributed by atoms with Crippen LogP contribution >= 0.6 is 11.8 Å². The van der Waals surface area contributed by atoms with Gasteiger partial charge >= 0.3 is 0 Å². The predicted octanol–water partition coefficient (Wildman–Crippen LogP) is 9.65. The largest absolute Gasteiger partial charge is 0.305 e. The van der Waals surface area contributed by atoms with Gasteiger partial charge in [0.15, 0.2) is 5.82 Å². The van der Waals surface area contributed by atoms with Gasteiger partial charge in [-0.3, -0.25) is 0 Å². The van der Waals surface area contributed by atoms with Crippen molar-refractivity contribution in [3.63, 3.8) is 0 Å². The van der Waals surface area contributed by atoms with Gasteiger partial charge in [0.25, 0.3) is 0 Å². The number of aromatic nitrogens is 4. The number of fused-ring (bicyclic) bond motifs is 6. The molecule has 0 saturated carbocycles. The van der Waals surface area contributed by atoms with E-state index in [1.807, 2.05) is 30.6 Å². The molecule has 42 heavy (non-hydrogen) atoms. The fraction of sp³-hybridized carbons (Fsp3) is 0.0541. The van der Waals surface area contributed by atoms with Crippen LogP contribution in [0, 0.1) is 0 Å². The van der Waals surface area contributed by atoms with Gasteiger partial charge in [-0.15, -0.1) is 0 Å². The van der Waals surface area contributed by atoms with Gasteiger partial charge in [-0.25, -0.2) is 15.0 Å². The van der Waals surface area contributed by atoms with Crippen molar-refractivity contribution in [2.24, 2.45) is 0 Å². The first-order valence-electron chi connectivity index (χ1n) is 14.3. The molecule has 0 spiro atoms. The molecular formula is C37H24N4S. The quantitative estimate of drug-likeness (QED) is 0.217. The number of nitrogens with zero attached hydrogens (tertiary/aromatic N) is 4. The van der Waals surface area contributed by atoms with Crippen LogP contribution in [-0.2, 0) is 0 Å². The lowest BCUT2D eigenvalue weighted by molar-refractivity contribution is 1.02. The number of benzene rings is 4. The van der Waals surface area contributed by atoms with E-state index in [-0.39, 0.29) is 0 Å². The molecule has 198 valence electrons. The molecule has 7 aromatic rings. The van der Waals surface area contributed by atoms with E-state index in [1.54, 1.807) is 11.8 Å². The molecule has 9 rings (SSSR count). The lowest BCUT2D eigenvalue weighted by atomic mass is 9.96. The third kappa shape index (κ3) is 3.47. The number of allylic oxidation sites excluding steroid dienone is 4. The standard InChI is InChI=1S/C37H24N4S/c1-3-11-23(12-4-1)34-31(22-39-36(40-34)24-13-5-2-6-14-24)41-30-17-9-7-15-25(30)29-21-28-26-16-8-10-18-32(26)42-37-33(28)27(35(29)41)19-20-38-37/h2-3,5-22H,1,4H2. The first kappa shape index (κ1) is 23.7. The van der Waals surface area contributed by atoms with E-state index in [0.717, 1.165) is 57.2 Å². The average Bonchev–Trinajstić information content (AvgIpc) is 3.40. The maximum Gasteiger partial charge on any atom is 0.159 e. The van der Waals surface area contributed by atoms with Crippen molar-refractivity contribution in [3.8, 4) is 28.2 Å². The van der Waals surface area contributed by atoms with Crippen molar-refractivity contribution >= 4 is 49.9 Å². The van der Waals surface area contributed by atoms with Crippen molar-refractivity contribution < 1.29 is 0 Å². The van der Waals surface area contributed by atoms with Crippen LogP contribution in [0.4, 0.5) is 0 Å². The first-order valence-corrected chi connectivity index (χ1v) is 15.1. The summed E-state index contributed by atoms with van der Waals surface area (Å²) in [6.07, 6.45) is 12.8. The third-order valence-corrected chi connectivity index (χ3v) is 9.42. The molecule has 0 saturated heterocycles. The highest BCUT2D eigenvalue weighted by atomic mass is 32.2. The van der Waals surface area contributed by atoms with Gasteiger partial charge in [-0.1, -0.05) is 96.7 Å². The van der Waals surface area contributed by atoms with Crippen molar-refractivity contribution in [3.05, 3.63) is 127 Å². The van der Waals surface area contributed by atoms with E-state index in [9.17, 15) is 0 Å². The zero-order chi connectivity index (χ0) is 27.6. The van der Waals surface area contributed by atoms with Crippen LogP contribution in [0.25, 0.3) is 66.4 Å². The molecule has 1 aliphatic carbocycles. The Bertz CT molecular complexity index is 2280. The lowest BCUT2D eigenvalue weighted by Crippen LogP contribution is -2.06. The molecule has 4 aromatic carbocycles. The SMILES string of the molecule is C1=CC(c2nc(-c3ccccc3)ncc2-n2c3ccccc3c3cc4c5c(nccc5c32)Sc2ccccc2-4)=CCC1. The van der Waals surface area contributed by atoms with Crippen LogP contribution in [0.15, 0.2) is 132 Å². The smallest absolute Gasteiger partial charge is 0.159 e. The van der Waals surface area contributed by atoms with Gasteiger partial charge in [0.2, 0.25) is 0 Å². The summed E-state index contributed by atoms with van der Waals surface area (Å²) in [6.45, 7) is 0. The van der Waals surface area contributed by atoms with Crippen LogP contribution in [0.1, 0.15) is 18.5 Å². The van der Waals surface area contributed by atoms with E-state index >= 15 is 0 Å². The van der Waals surface area contributed by atoms with Gasteiger partial charge in [-0.05, 0) is 53.8 Å². The summed E-state index contributed by atoms with van der Waals surface area (Å²) in [5, 5.41) is 5.88. The topological polar surface area (TPSA) is 43.6 Å². The zero-order valence-corrected chi connectivity index (χ0v) is 23.5. The van der Waals surface area contributed by atoms with E-state index < -0.39 is 0 Å². The summed E-state index contributed by atoms with van der Waals surface area (Å²) in [7, 11) is 0. The Morgan fingerprint density at radius 2 is 1.60 bits per heavy atom. The lowest BCUT2D eigenvalue weighted by Gasteiger charge is -2.21. The molecule has 5 heteroatoms. The fourth-order valence-electron chi connectivity index (χ4n) is 6.48. The predicted molar refractivity (Wildman–Crippen MR) is 173 cm³/mol. The number of para-hydroxylation sites is 1. The second-order valence-corrected chi connectivity index (χ2v) is 11.8. The Hall–Kier alpha value is -5.00. The Labute approximate surface area is 247 Å². The molecule has 0 N–H and O–H groups in total. The molecule has 0 unspecified atom stereocenters. The maximum atomic E-state index is 5.24. The molecule has 0 atom stereocenters. The van der Waals surface area contributed by atoms with Gasteiger partial charge in [-0.2, -0.15) is 0 Å². The van der Waals surface area contributed by atoms with Crippen LogP contribution < -0.4 is 0 Å². The van der Waals surface area contributed by atoms with Gasteiger partial charge in [0, 0.05) is 38.2 Å². The van der Waals surface area contributed by atoms with Gasteiger partial charge in [0.1, 0.15) is 5.03 Å². The van der Waals surface area contributed by atoms with E-state index in [4.69, 9.17) is 15.0 Å². The maximum absolute atomic E-state index is 5.24. The minimum atomic E-state index is 0.732. The summed E-state index contributed by atoms with van der Waals surface area (Å²) < 4.78 is 2.38. The van der Waals surface area contributed by atoms with Crippen molar-refractivity contribution in [2.75, 3.05) is 0 Å². The summed E-state index contributed by atoms with van der Waals surface area (Å²) >= 11 is 1.75. The normalized spacial score (nSPS) is 14.0. The van der Waals surface area contributed by atoms with E-state index in [1.165, 1.54) is 37.6 Å². The zero-order valence-electron chi connectivity index (χ0n) is 22.7. The van der Waals surface area contributed by atoms with Crippen molar-refractivity contribution in [1.29, 1.82) is 0 Å². The number of rotatable bonds is 3. The van der Waals surface area contributed by atoms with Gasteiger partial charge in [0.05, 0.1) is 28.6 Å². The third-order valence-electron chi connectivity index (χ3n) is 8.34. The average molecular weight is 557 g/mol. The first-order chi connectivity index (χ1) is 20.8. The number of hydrogen-bond donors (Lipinski definition) is 0. The Balaban J connectivity index is 1.42. The molecule has 0 fully saturated rings. The summed E-state index contributed by atoms with van der Waals surface area (Å²) in [5.41, 5.74) is 8.88. The van der Waals surface area contributed by atoms with Gasteiger partial charge < -0.3 is 4.57 Å². The minimum Gasteiger partial charge on any atom is -0.305 e. The van der Waals surface area contributed by atoms with Crippen LogP contribution in [0.5, 0.6) is 0 Å². The summed E-state index contributed by atoms with van der Waals surface area (Å²) in [5.74, 6) is 0.732. The Morgan fingerprint density at radius 3 is 2.50 bits per heavy atom.